The molecule has 1 atom stereocenters. The number of hydrogen-bond donors (Lipinski definition) is 1. The van der Waals surface area contributed by atoms with E-state index in [4.69, 9.17) is 0 Å². The summed E-state index contributed by atoms with van der Waals surface area (Å²) < 4.78 is 27.4. The van der Waals surface area contributed by atoms with E-state index < -0.39 is 11.6 Å². The van der Waals surface area contributed by atoms with E-state index in [2.05, 4.69) is 10.3 Å². The van der Waals surface area contributed by atoms with E-state index in [0.29, 0.717) is 11.6 Å². The smallest absolute Gasteiger partial charge is 0.164 e. The fourth-order valence-electron chi connectivity index (χ4n) is 2.03. The van der Waals surface area contributed by atoms with Crippen LogP contribution in [-0.4, -0.2) is 11.0 Å². The van der Waals surface area contributed by atoms with Crippen LogP contribution in [0.15, 0.2) is 23.6 Å². The first kappa shape index (κ1) is 12.7. The Hall–Kier alpha value is -1.33. The quantitative estimate of drug-likeness (QED) is 0.926. The molecule has 0 bridgehead atoms. The third-order valence-electron chi connectivity index (χ3n) is 3.16. The molecule has 0 aliphatic heterocycles. The van der Waals surface area contributed by atoms with Crippen molar-refractivity contribution in [2.75, 3.05) is 0 Å². The first-order valence-corrected chi connectivity index (χ1v) is 7.15. The van der Waals surface area contributed by atoms with Crippen LogP contribution >= 0.6 is 11.3 Å². The number of nitrogens with one attached hydrogen (secondary N) is 1. The molecular weight excluding hydrogens is 266 g/mol. The minimum absolute atomic E-state index is 0.334. The molecule has 0 radical (unpaired) electrons. The van der Waals surface area contributed by atoms with Crippen LogP contribution in [0.3, 0.4) is 0 Å². The zero-order valence-electron chi connectivity index (χ0n) is 10.5. The highest BCUT2D eigenvalue weighted by molar-refractivity contribution is 7.09. The molecule has 2 nitrogen and oxygen atoms in total. The Labute approximate surface area is 114 Å². The molecule has 1 aromatic heterocycles. The molecule has 5 heteroatoms. The van der Waals surface area contributed by atoms with Gasteiger partial charge in [-0.05, 0) is 25.8 Å². The first-order chi connectivity index (χ1) is 9.15. The average molecular weight is 280 g/mol. The van der Waals surface area contributed by atoms with E-state index in [1.54, 1.807) is 6.07 Å². The predicted octanol–water partition coefficient (Wildman–Crippen LogP) is 3.57. The van der Waals surface area contributed by atoms with Gasteiger partial charge in [0.25, 0.3) is 0 Å². The Morgan fingerprint density at radius 3 is 2.79 bits per heavy atom. The Bertz CT molecular complexity index is 593. The van der Waals surface area contributed by atoms with Crippen molar-refractivity contribution in [1.29, 1.82) is 0 Å². The summed E-state index contributed by atoms with van der Waals surface area (Å²) in [5, 5.41) is 6.06. The van der Waals surface area contributed by atoms with Crippen molar-refractivity contribution in [1.82, 2.24) is 10.3 Å². The number of benzene rings is 1. The summed E-state index contributed by atoms with van der Waals surface area (Å²) in [5.74, 6) is -1.60. The monoisotopic (exact) mass is 280 g/mol. The maximum atomic E-state index is 14.0. The summed E-state index contributed by atoms with van der Waals surface area (Å²) in [6, 6.07) is 4.32. The predicted molar refractivity (Wildman–Crippen MR) is 71.2 cm³/mol. The Balaban J connectivity index is 2.00. The molecule has 3 rings (SSSR count). The van der Waals surface area contributed by atoms with Gasteiger partial charge in [-0.15, -0.1) is 11.3 Å². The number of halogens is 2. The highest BCUT2D eigenvalue weighted by Crippen LogP contribution is 2.32. The zero-order chi connectivity index (χ0) is 13.4. The molecule has 19 heavy (non-hydrogen) atoms. The van der Waals surface area contributed by atoms with Crippen LogP contribution in [-0.2, 0) is 0 Å². The number of rotatable bonds is 4. The minimum Gasteiger partial charge on any atom is -0.301 e. The number of nitrogens with zero attached hydrogens (tertiary/aromatic N) is 1. The van der Waals surface area contributed by atoms with Crippen LogP contribution < -0.4 is 5.32 Å². The van der Waals surface area contributed by atoms with Gasteiger partial charge in [0.1, 0.15) is 5.01 Å². The topological polar surface area (TPSA) is 24.9 Å². The molecule has 1 saturated carbocycles. The maximum absolute atomic E-state index is 14.0. The SMILES string of the molecule is Cc1csc(C(NC2CC2)c2cccc(F)c2F)n1. The molecule has 0 saturated heterocycles. The Morgan fingerprint density at radius 1 is 1.37 bits per heavy atom. The largest absolute Gasteiger partial charge is 0.301 e. The third-order valence-corrected chi connectivity index (χ3v) is 4.18. The zero-order valence-corrected chi connectivity index (χ0v) is 11.3. The van der Waals surface area contributed by atoms with Crippen molar-refractivity contribution in [3.05, 3.63) is 51.5 Å². The highest BCUT2D eigenvalue weighted by atomic mass is 32.1. The summed E-state index contributed by atoms with van der Waals surface area (Å²) >= 11 is 1.47. The Morgan fingerprint density at radius 2 is 2.16 bits per heavy atom. The fraction of sp³-hybridized carbons (Fsp3) is 0.357. The van der Waals surface area contributed by atoms with Crippen molar-refractivity contribution >= 4 is 11.3 Å². The Kier molecular flexibility index (Phi) is 3.33. The maximum Gasteiger partial charge on any atom is 0.164 e. The molecule has 1 fully saturated rings. The van der Waals surface area contributed by atoms with Crippen molar-refractivity contribution in [2.24, 2.45) is 0 Å². The van der Waals surface area contributed by atoms with Crippen LogP contribution in [0, 0.1) is 18.6 Å². The highest BCUT2D eigenvalue weighted by Gasteiger charge is 2.29. The van der Waals surface area contributed by atoms with Crippen molar-refractivity contribution in [3.63, 3.8) is 0 Å². The fourth-order valence-corrected chi connectivity index (χ4v) is 2.90. The van der Waals surface area contributed by atoms with Gasteiger partial charge in [-0.2, -0.15) is 0 Å². The van der Waals surface area contributed by atoms with Gasteiger partial charge in [0.05, 0.1) is 6.04 Å². The number of aryl methyl sites for hydroxylation is 1. The number of thiazole rings is 1. The number of hydrogen-bond acceptors (Lipinski definition) is 3. The summed E-state index contributed by atoms with van der Waals surface area (Å²) in [6.07, 6.45) is 2.16. The van der Waals surface area contributed by atoms with Gasteiger partial charge in [-0.1, -0.05) is 12.1 Å². The van der Waals surface area contributed by atoms with Gasteiger partial charge >= 0.3 is 0 Å². The lowest BCUT2D eigenvalue weighted by molar-refractivity contribution is 0.479. The van der Waals surface area contributed by atoms with E-state index in [1.165, 1.54) is 17.4 Å². The average Bonchev–Trinajstić information content (AvgIpc) is 3.11. The second-order valence-electron chi connectivity index (χ2n) is 4.84. The van der Waals surface area contributed by atoms with Gasteiger partial charge in [-0.3, -0.25) is 0 Å². The van der Waals surface area contributed by atoms with E-state index in [1.807, 2.05) is 12.3 Å². The molecule has 1 unspecified atom stereocenters. The van der Waals surface area contributed by atoms with Crippen LogP contribution in [0.2, 0.25) is 0 Å². The van der Waals surface area contributed by atoms with E-state index in [-0.39, 0.29) is 6.04 Å². The lowest BCUT2D eigenvalue weighted by Crippen LogP contribution is -2.25. The summed E-state index contributed by atoms with van der Waals surface area (Å²) in [6.45, 7) is 1.90. The van der Waals surface area contributed by atoms with E-state index >= 15 is 0 Å². The molecule has 2 aromatic rings. The molecule has 1 aromatic carbocycles. The minimum atomic E-state index is -0.812. The van der Waals surface area contributed by atoms with Gasteiger partial charge in [0.2, 0.25) is 0 Å². The van der Waals surface area contributed by atoms with Crippen LogP contribution in [0.4, 0.5) is 8.78 Å². The molecule has 0 amide bonds. The van der Waals surface area contributed by atoms with Crippen molar-refractivity contribution < 1.29 is 8.78 Å². The van der Waals surface area contributed by atoms with Crippen molar-refractivity contribution in [3.8, 4) is 0 Å². The molecule has 100 valence electrons. The van der Waals surface area contributed by atoms with Crippen molar-refractivity contribution in [2.45, 2.75) is 31.8 Å². The summed E-state index contributed by atoms with van der Waals surface area (Å²) in [7, 11) is 0. The van der Waals surface area contributed by atoms with Gasteiger partial charge in [0.15, 0.2) is 11.6 Å². The van der Waals surface area contributed by atoms with E-state index in [0.717, 1.165) is 29.6 Å². The summed E-state index contributed by atoms with van der Waals surface area (Å²) in [5.41, 5.74) is 1.24. The number of aromatic nitrogens is 1. The lowest BCUT2D eigenvalue weighted by Gasteiger charge is -2.17. The van der Waals surface area contributed by atoms with Crippen LogP contribution in [0.1, 0.15) is 35.1 Å². The van der Waals surface area contributed by atoms with E-state index in [9.17, 15) is 8.78 Å². The second kappa shape index (κ2) is 4.98. The molecular formula is C14H14F2N2S. The molecule has 1 aliphatic carbocycles. The first-order valence-electron chi connectivity index (χ1n) is 6.27. The normalized spacial score (nSPS) is 16.6. The van der Waals surface area contributed by atoms with Crippen LogP contribution in [0.25, 0.3) is 0 Å². The van der Waals surface area contributed by atoms with Gasteiger partial charge in [-0.25, -0.2) is 13.8 Å². The molecule has 0 spiro atoms. The molecule has 1 heterocycles. The molecule has 1 aliphatic rings. The van der Waals surface area contributed by atoms with Crippen LogP contribution in [0.5, 0.6) is 0 Å². The summed E-state index contributed by atoms with van der Waals surface area (Å²) in [4.78, 5) is 4.41. The second-order valence-corrected chi connectivity index (χ2v) is 5.73. The molecule has 1 N–H and O–H groups in total. The third kappa shape index (κ3) is 2.67. The van der Waals surface area contributed by atoms with Gasteiger partial charge < -0.3 is 5.32 Å². The standard InChI is InChI=1S/C14H14F2N2S/c1-8-7-19-14(17-8)13(18-9-5-6-9)10-3-2-4-11(15)12(10)16/h2-4,7,9,13,18H,5-6H2,1H3. The lowest BCUT2D eigenvalue weighted by atomic mass is 10.1. The van der Waals surface area contributed by atoms with Gasteiger partial charge in [0, 0.05) is 22.7 Å².